The highest BCUT2D eigenvalue weighted by Crippen LogP contribution is 2.28. The van der Waals surface area contributed by atoms with Gasteiger partial charge < -0.3 is 19.0 Å². The highest BCUT2D eigenvalue weighted by atomic mass is 16.7. The van der Waals surface area contributed by atoms with Gasteiger partial charge in [-0.15, -0.1) is 0 Å². The van der Waals surface area contributed by atoms with Gasteiger partial charge in [0.25, 0.3) is 0 Å². The molecule has 0 aliphatic heterocycles. The summed E-state index contributed by atoms with van der Waals surface area (Å²) in [5.41, 5.74) is 0. The third-order valence-electron chi connectivity index (χ3n) is 3.04. The quantitative estimate of drug-likeness (QED) is 0.362. The number of hydrogen-bond donors (Lipinski definition) is 0. The van der Waals surface area contributed by atoms with Crippen LogP contribution in [-0.2, 0) is 19.0 Å². The van der Waals surface area contributed by atoms with Crippen LogP contribution in [0.4, 0.5) is 0 Å². The molecule has 1 saturated carbocycles. The lowest BCUT2D eigenvalue weighted by Gasteiger charge is -2.30. The molecule has 2 atom stereocenters. The van der Waals surface area contributed by atoms with Crippen molar-refractivity contribution in [2.75, 3.05) is 27.1 Å². The first-order valence-electron chi connectivity index (χ1n) is 6.00. The van der Waals surface area contributed by atoms with Crippen molar-refractivity contribution in [3.05, 3.63) is 0 Å². The van der Waals surface area contributed by atoms with E-state index in [1.165, 1.54) is 12.8 Å². The van der Waals surface area contributed by atoms with E-state index < -0.39 is 0 Å². The van der Waals surface area contributed by atoms with Gasteiger partial charge in [0.05, 0.1) is 19.3 Å². The summed E-state index contributed by atoms with van der Waals surface area (Å²) >= 11 is 0. The van der Waals surface area contributed by atoms with E-state index in [2.05, 4.69) is 0 Å². The zero-order valence-electron chi connectivity index (χ0n) is 10.0. The Bertz CT molecular complexity index is 184. The molecule has 16 heavy (non-hydrogen) atoms. The van der Waals surface area contributed by atoms with Crippen molar-refractivity contribution in [3.63, 3.8) is 0 Å². The van der Waals surface area contributed by atoms with Crippen LogP contribution in [0.15, 0.2) is 0 Å². The minimum absolute atomic E-state index is 0.196. The molecular weight excluding hydrogens is 208 g/mol. The molecule has 0 unspecified atom stereocenters. The van der Waals surface area contributed by atoms with Gasteiger partial charge in [0.1, 0.15) is 13.1 Å². The molecule has 0 saturated heterocycles. The van der Waals surface area contributed by atoms with Gasteiger partial charge >= 0.3 is 0 Å². The predicted octanol–water partition coefficient (Wildman–Crippen LogP) is 1.77. The van der Waals surface area contributed by atoms with Crippen molar-refractivity contribution in [2.24, 2.45) is 5.92 Å². The summed E-state index contributed by atoms with van der Waals surface area (Å²) in [6.07, 6.45) is 6.36. The second-order valence-electron chi connectivity index (χ2n) is 4.17. The van der Waals surface area contributed by atoms with Crippen molar-refractivity contribution < 1.29 is 19.0 Å². The summed E-state index contributed by atoms with van der Waals surface area (Å²) in [5.74, 6) is 0.386. The average Bonchev–Trinajstić information content (AvgIpc) is 2.31. The van der Waals surface area contributed by atoms with Crippen LogP contribution in [0, 0.1) is 5.92 Å². The number of ether oxygens (including phenoxy) is 3. The Balaban J connectivity index is 2.14. The first-order chi connectivity index (χ1) is 7.88. The van der Waals surface area contributed by atoms with E-state index >= 15 is 0 Å². The molecule has 0 aromatic carbocycles. The number of aldehydes is 1. The van der Waals surface area contributed by atoms with E-state index in [0.29, 0.717) is 32.3 Å². The summed E-state index contributed by atoms with van der Waals surface area (Å²) in [5, 5.41) is 0. The van der Waals surface area contributed by atoms with E-state index in [1.54, 1.807) is 7.11 Å². The van der Waals surface area contributed by atoms with E-state index in [0.717, 1.165) is 19.1 Å². The highest BCUT2D eigenvalue weighted by molar-refractivity contribution is 5.49. The van der Waals surface area contributed by atoms with Gasteiger partial charge in [-0.05, 0) is 18.8 Å². The molecule has 94 valence electrons. The number of rotatable bonds is 8. The Hall–Kier alpha value is -0.450. The van der Waals surface area contributed by atoms with Gasteiger partial charge in [0.15, 0.2) is 0 Å². The fraction of sp³-hybridized carbons (Fsp3) is 0.917. The fourth-order valence-corrected chi connectivity index (χ4v) is 2.12. The van der Waals surface area contributed by atoms with E-state index in [9.17, 15) is 4.79 Å². The maximum Gasteiger partial charge on any atom is 0.147 e. The lowest BCUT2D eigenvalue weighted by atomic mass is 9.85. The molecule has 1 fully saturated rings. The van der Waals surface area contributed by atoms with Gasteiger partial charge in [0, 0.05) is 13.5 Å². The van der Waals surface area contributed by atoms with Crippen molar-refractivity contribution in [2.45, 2.75) is 38.2 Å². The third kappa shape index (κ3) is 5.05. The number of carbonyl (C=O) groups excluding carboxylic acids is 1. The molecule has 1 rings (SSSR count). The SMILES string of the molecule is COCCOCO[C@H]1CCCC[C@H]1CC=O. The predicted molar refractivity (Wildman–Crippen MR) is 60.2 cm³/mol. The summed E-state index contributed by atoms with van der Waals surface area (Å²) in [6.45, 7) is 1.46. The van der Waals surface area contributed by atoms with Crippen LogP contribution < -0.4 is 0 Å². The van der Waals surface area contributed by atoms with E-state index in [4.69, 9.17) is 14.2 Å². The zero-order valence-corrected chi connectivity index (χ0v) is 10.0. The Labute approximate surface area is 97.2 Å². The summed E-state index contributed by atoms with van der Waals surface area (Å²) in [7, 11) is 1.64. The smallest absolute Gasteiger partial charge is 0.147 e. The highest BCUT2D eigenvalue weighted by Gasteiger charge is 2.25. The standard InChI is InChI=1S/C12H22O4/c1-14-8-9-15-10-16-12-5-3-2-4-11(12)6-7-13/h7,11-12H,2-6,8-10H2,1H3/t11-,12-/m0/s1. The maximum atomic E-state index is 10.5. The van der Waals surface area contributed by atoms with Crippen LogP contribution in [-0.4, -0.2) is 39.5 Å². The van der Waals surface area contributed by atoms with Crippen LogP contribution in [0.2, 0.25) is 0 Å². The Morgan fingerprint density at radius 2 is 2.06 bits per heavy atom. The van der Waals surface area contributed by atoms with Crippen LogP contribution in [0.3, 0.4) is 0 Å². The van der Waals surface area contributed by atoms with Crippen LogP contribution in [0.1, 0.15) is 32.1 Å². The van der Waals surface area contributed by atoms with Crippen LogP contribution >= 0.6 is 0 Å². The summed E-state index contributed by atoms with van der Waals surface area (Å²) in [6, 6.07) is 0. The number of methoxy groups -OCH3 is 1. The number of carbonyl (C=O) groups is 1. The summed E-state index contributed by atoms with van der Waals surface area (Å²) < 4.78 is 15.8. The Morgan fingerprint density at radius 3 is 2.81 bits per heavy atom. The topological polar surface area (TPSA) is 44.8 Å². The van der Waals surface area contributed by atoms with Crippen LogP contribution in [0.25, 0.3) is 0 Å². The van der Waals surface area contributed by atoms with Gasteiger partial charge in [0.2, 0.25) is 0 Å². The molecule has 0 heterocycles. The molecule has 0 aromatic heterocycles. The van der Waals surface area contributed by atoms with E-state index in [-0.39, 0.29) is 6.10 Å². The molecule has 4 heteroatoms. The zero-order chi connectivity index (χ0) is 11.6. The second-order valence-corrected chi connectivity index (χ2v) is 4.17. The first kappa shape index (κ1) is 13.6. The van der Waals surface area contributed by atoms with Crippen molar-refractivity contribution in [3.8, 4) is 0 Å². The van der Waals surface area contributed by atoms with Crippen molar-refractivity contribution in [1.82, 2.24) is 0 Å². The lowest BCUT2D eigenvalue weighted by Crippen LogP contribution is -2.29. The molecule has 0 radical (unpaired) electrons. The van der Waals surface area contributed by atoms with Gasteiger partial charge in [-0.3, -0.25) is 0 Å². The maximum absolute atomic E-state index is 10.5. The lowest BCUT2D eigenvalue weighted by molar-refractivity contribution is -0.127. The molecule has 1 aliphatic carbocycles. The van der Waals surface area contributed by atoms with Crippen molar-refractivity contribution in [1.29, 1.82) is 0 Å². The molecule has 0 amide bonds. The van der Waals surface area contributed by atoms with Gasteiger partial charge in [-0.1, -0.05) is 12.8 Å². The minimum atomic E-state index is 0.196. The normalized spacial score (nSPS) is 25.6. The monoisotopic (exact) mass is 230 g/mol. The summed E-state index contributed by atoms with van der Waals surface area (Å²) in [4.78, 5) is 10.5. The van der Waals surface area contributed by atoms with E-state index in [1.807, 2.05) is 0 Å². The first-order valence-corrected chi connectivity index (χ1v) is 6.00. The average molecular weight is 230 g/mol. The minimum Gasteiger partial charge on any atom is -0.382 e. The van der Waals surface area contributed by atoms with Crippen LogP contribution in [0.5, 0.6) is 0 Å². The third-order valence-corrected chi connectivity index (χ3v) is 3.04. The molecule has 1 aliphatic rings. The molecule has 0 N–H and O–H groups in total. The Kier molecular flexibility index (Phi) is 7.38. The van der Waals surface area contributed by atoms with Crippen molar-refractivity contribution >= 4 is 6.29 Å². The fourth-order valence-electron chi connectivity index (χ4n) is 2.12. The Morgan fingerprint density at radius 1 is 1.25 bits per heavy atom. The molecule has 0 bridgehead atoms. The van der Waals surface area contributed by atoms with Gasteiger partial charge in [-0.25, -0.2) is 0 Å². The largest absolute Gasteiger partial charge is 0.382 e. The molecule has 4 nitrogen and oxygen atoms in total. The molecular formula is C12H22O4. The molecule has 0 spiro atoms. The second kappa shape index (κ2) is 8.67. The van der Waals surface area contributed by atoms with Gasteiger partial charge in [-0.2, -0.15) is 0 Å². The molecule has 0 aromatic rings. The number of hydrogen-bond acceptors (Lipinski definition) is 4.